The Bertz CT molecular complexity index is 587. The van der Waals surface area contributed by atoms with Crippen LogP contribution in [0.5, 0.6) is 5.75 Å². The van der Waals surface area contributed by atoms with E-state index in [4.69, 9.17) is 4.74 Å². The summed E-state index contributed by atoms with van der Waals surface area (Å²) in [5, 5.41) is 0. The van der Waals surface area contributed by atoms with E-state index in [0.29, 0.717) is 5.69 Å². The van der Waals surface area contributed by atoms with Crippen LogP contribution in [0.15, 0.2) is 60.7 Å². The summed E-state index contributed by atoms with van der Waals surface area (Å²) in [7, 11) is -0.358. The molecule has 0 fully saturated rings. The summed E-state index contributed by atoms with van der Waals surface area (Å²) in [6.07, 6.45) is 0. The minimum Gasteiger partial charge on any atom is -0.497 e. The average molecular weight is 324 g/mol. The van der Waals surface area contributed by atoms with Gasteiger partial charge in [-0.05, 0) is 24.3 Å². The highest BCUT2D eigenvalue weighted by Crippen LogP contribution is 2.06. The number of ether oxygens (including phenoxy) is 1. The number of anilines is 1. The number of para-hydroxylation sites is 2. The predicted molar refractivity (Wildman–Crippen MR) is 92.4 cm³/mol. The summed E-state index contributed by atoms with van der Waals surface area (Å²) in [5.41, 5.74) is 0.548. The monoisotopic (exact) mass is 324 g/mol. The second-order valence-corrected chi connectivity index (χ2v) is 5.31. The fraction of sp³-hybridized carbons (Fsp3) is 0.250. The highest BCUT2D eigenvalue weighted by Gasteiger charge is 2.03. The lowest BCUT2D eigenvalue weighted by Gasteiger charge is -2.04. The number of hydrogen-bond acceptors (Lipinski definition) is 3. The fourth-order valence-electron chi connectivity index (χ4n) is 1.27. The molecule has 0 bridgehead atoms. The zero-order chi connectivity index (χ0) is 16.8. The van der Waals surface area contributed by atoms with Crippen LogP contribution in [0.25, 0.3) is 0 Å². The maximum atomic E-state index is 10.9. The summed E-state index contributed by atoms with van der Waals surface area (Å²) in [5.74, 6) is 0.910. The van der Waals surface area contributed by atoms with Gasteiger partial charge in [0.1, 0.15) is 5.75 Å². The second kappa shape index (κ2) is 11.6. The minimum atomic E-state index is -3.37. The van der Waals surface area contributed by atoms with E-state index in [-0.39, 0.29) is 0 Å². The van der Waals surface area contributed by atoms with Gasteiger partial charge in [-0.3, -0.25) is 4.72 Å². The van der Waals surface area contributed by atoms with Gasteiger partial charge in [-0.15, -0.1) is 0 Å². The maximum Gasteiger partial charge on any atom is 0.298 e. The van der Waals surface area contributed by atoms with Gasteiger partial charge in [0.05, 0.1) is 7.11 Å². The number of nitrogens with one attached hydrogen (secondary N) is 2. The molecule has 2 aromatic carbocycles. The summed E-state index contributed by atoms with van der Waals surface area (Å²) in [6, 6.07) is 18.4. The normalized spacial score (nSPS) is 9.45. The lowest BCUT2D eigenvalue weighted by Crippen LogP contribution is -2.26. The van der Waals surface area contributed by atoms with E-state index in [1.165, 1.54) is 7.05 Å². The lowest BCUT2D eigenvalue weighted by atomic mass is 10.3. The van der Waals surface area contributed by atoms with Gasteiger partial charge in [-0.25, -0.2) is 4.72 Å². The predicted octanol–water partition coefficient (Wildman–Crippen LogP) is 3.28. The summed E-state index contributed by atoms with van der Waals surface area (Å²) < 4.78 is 31.3. The molecule has 2 N–H and O–H groups in total. The van der Waals surface area contributed by atoms with Crippen molar-refractivity contribution in [3.8, 4) is 5.75 Å². The van der Waals surface area contributed by atoms with Crippen LogP contribution in [0.2, 0.25) is 0 Å². The first-order valence-corrected chi connectivity index (χ1v) is 8.41. The molecule has 0 atom stereocenters. The van der Waals surface area contributed by atoms with Gasteiger partial charge in [0.25, 0.3) is 10.2 Å². The molecule has 0 amide bonds. The van der Waals surface area contributed by atoms with E-state index in [0.717, 1.165) is 5.75 Å². The highest BCUT2D eigenvalue weighted by atomic mass is 32.2. The van der Waals surface area contributed by atoms with E-state index in [1.54, 1.807) is 31.4 Å². The topological polar surface area (TPSA) is 67.4 Å². The van der Waals surface area contributed by atoms with Crippen LogP contribution < -0.4 is 14.2 Å². The van der Waals surface area contributed by atoms with Gasteiger partial charge < -0.3 is 4.74 Å². The second-order valence-electron chi connectivity index (χ2n) is 3.69. The Balaban J connectivity index is 0.000000382. The Labute approximate surface area is 133 Å². The molecule has 0 aliphatic carbocycles. The molecule has 0 heterocycles. The molecule has 2 rings (SSSR count). The molecule has 0 unspecified atom stereocenters. The summed E-state index contributed by atoms with van der Waals surface area (Å²) in [4.78, 5) is 0. The Morgan fingerprint density at radius 2 is 1.32 bits per heavy atom. The quantitative estimate of drug-likeness (QED) is 0.907. The number of benzene rings is 2. The van der Waals surface area contributed by atoms with Gasteiger partial charge in [-0.2, -0.15) is 8.42 Å². The van der Waals surface area contributed by atoms with E-state index >= 15 is 0 Å². The first-order valence-electron chi connectivity index (χ1n) is 6.93. The number of hydrogen-bond donors (Lipinski definition) is 2. The van der Waals surface area contributed by atoms with Crippen LogP contribution >= 0.6 is 0 Å². The third-order valence-electron chi connectivity index (χ3n) is 2.27. The molecular weight excluding hydrogens is 300 g/mol. The van der Waals surface area contributed by atoms with Crippen molar-refractivity contribution in [1.82, 2.24) is 4.72 Å². The van der Waals surface area contributed by atoms with Gasteiger partial charge in [0.2, 0.25) is 0 Å². The van der Waals surface area contributed by atoms with Crippen LogP contribution in [0, 0.1) is 0 Å². The lowest BCUT2D eigenvalue weighted by molar-refractivity contribution is 0.415. The van der Waals surface area contributed by atoms with Crippen molar-refractivity contribution in [2.24, 2.45) is 0 Å². The number of rotatable bonds is 4. The van der Waals surface area contributed by atoms with E-state index in [1.807, 2.05) is 50.2 Å². The van der Waals surface area contributed by atoms with Crippen LogP contribution in [-0.2, 0) is 10.2 Å². The highest BCUT2D eigenvalue weighted by molar-refractivity contribution is 7.90. The third-order valence-corrected chi connectivity index (χ3v) is 3.32. The summed E-state index contributed by atoms with van der Waals surface area (Å²) in [6.45, 7) is 4.00. The molecule has 0 aliphatic rings. The largest absolute Gasteiger partial charge is 0.497 e. The molecule has 2 aromatic rings. The standard InChI is InChI=1S/C7H10N2O2S.C7H8O.C2H6/c1-8-12(10,11)9-7-5-3-2-4-6-7;1-8-7-5-3-2-4-6-7;1-2/h2-6,8-9H,1H3;2-6H,1H3;1-2H3. The van der Waals surface area contributed by atoms with Crippen molar-refractivity contribution >= 4 is 15.9 Å². The Kier molecular flexibility index (Phi) is 10.5. The number of methoxy groups -OCH3 is 1. The SMILES string of the molecule is CC.CNS(=O)(=O)Nc1ccccc1.COc1ccccc1. The maximum absolute atomic E-state index is 10.9. The van der Waals surface area contributed by atoms with Crippen molar-refractivity contribution in [2.75, 3.05) is 18.9 Å². The zero-order valence-corrected chi connectivity index (χ0v) is 14.2. The molecule has 0 saturated carbocycles. The molecule has 0 aliphatic heterocycles. The van der Waals surface area contributed by atoms with Gasteiger partial charge in [0.15, 0.2) is 0 Å². The molecule has 0 aromatic heterocycles. The minimum absolute atomic E-state index is 0.548. The van der Waals surface area contributed by atoms with Crippen molar-refractivity contribution in [1.29, 1.82) is 0 Å². The van der Waals surface area contributed by atoms with Crippen LogP contribution in [0.1, 0.15) is 13.8 Å². The Morgan fingerprint density at radius 3 is 1.68 bits per heavy atom. The Morgan fingerprint density at radius 1 is 0.864 bits per heavy atom. The molecule has 0 radical (unpaired) electrons. The molecule has 5 nitrogen and oxygen atoms in total. The molecule has 6 heteroatoms. The first kappa shape index (κ1) is 19.9. The van der Waals surface area contributed by atoms with Gasteiger partial charge >= 0.3 is 0 Å². The molecule has 122 valence electrons. The van der Waals surface area contributed by atoms with Crippen LogP contribution in [0.3, 0.4) is 0 Å². The molecule has 22 heavy (non-hydrogen) atoms. The van der Waals surface area contributed by atoms with Crippen LogP contribution in [0.4, 0.5) is 5.69 Å². The van der Waals surface area contributed by atoms with Crippen LogP contribution in [-0.4, -0.2) is 22.6 Å². The van der Waals surface area contributed by atoms with E-state index in [9.17, 15) is 8.42 Å². The third kappa shape index (κ3) is 8.99. The van der Waals surface area contributed by atoms with Crippen molar-refractivity contribution < 1.29 is 13.2 Å². The summed E-state index contributed by atoms with van der Waals surface area (Å²) >= 11 is 0. The van der Waals surface area contributed by atoms with E-state index < -0.39 is 10.2 Å². The van der Waals surface area contributed by atoms with Gasteiger partial charge in [-0.1, -0.05) is 50.2 Å². The Hall–Kier alpha value is -2.05. The van der Waals surface area contributed by atoms with E-state index in [2.05, 4.69) is 9.44 Å². The molecule has 0 saturated heterocycles. The average Bonchev–Trinajstić information content (AvgIpc) is 2.58. The first-order chi connectivity index (χ1) is 10.6. The van der Waals surface area contributed by atoms with Crippen molar-refractivity contribution in [3.05, 3.63) is 60.7 Å². The van der Waals surface area contributed by atoms with Crippen molar-refractivity contribution in [2.45, 2.75) is 13.8 Å². The zero-order valence-electron chi connectivity index (χ0n) is 13.4. The smallest absolute Gasteiger partial charge is 0.298 e. The van der Waals surface area contributed by atoms with Gasteiger partial charge in [0, 0.05) is 12.7 Å². The molecular formula is C16H24N2O3S. The fourth-order valence-corrected chi connectivity index (χ4v) is 1.82. The van der Waals surface area contributed by atoms with Crippen molar-refractivity contribution in [3.63, 3.8) is 0 Å². The molecule has 0 spiro atoms.